The van der Waals surface area contributed by atoms with E-state index in [1.807, 2.05) is 13.8 Å². The van der Waals surface area contributed by atoms with Crippen molar-refractivity contribution in [3.05, 3.63) is 23.8 Å². The van der Waals surface area contributed by atoms with Crippen LogP contribution in [0, 0.1) is 5.92 Å². The summed E-state index contributed by atoms with van der Waals surface area (Å²) in [7, 11) is 0. The number of amides is 4. The lowest BCUT2D eigenvalue weighted by atomic mass is 9.73. The molecule has 3 rings (SSSR count). The Morgan fingerprint density at radius 3 is 2.71 bits per heavy atom. The van der Waals surface area contributed by atoms with E-state index in [0.717, 1.165) is 42.4 Å². The van der Waals surface area contributed by atoms with Gasteiger partial charge in [0.25, 0.3) is 5.91 Å². The van der Waals surface area contributed by atoms with E-state index in [1.54, 1.807) is 0 Å². The highest BCUT2D eigenvalue weighted by Gasteiger charge is 2.55. The number of carbonyl (C=O) groups excluding carboxylic acids is 3. The lowest BCUT2D eigenvalue weighted by molar-refractivity contribution is -0.137. The molecule has 1 heterocycles. The van der Waals surface area contributed by atoms with Gasteiger partial charge in [0, 0.05) is 0 Å². The lowest BCUT2D eigenvalue weighted by Crippen LogP contribution is -2.54. The number of benzene rings is 1. The topological polar surface area (TPSA) is 87.7 Å². The van der Waals surface area contributed by atoms with Gasteiger partial charge in [-0.1, -0.05) is 26.7 Å². The molecule has 0 bridgehead atoms. The van der Waals surface area contributed by atoms with Crippen molar-refractivity contribution in [3.8, 4) is 5.75 Å². The Hall–Kier alpha value is -2.78. The SMILES string of the molecule is CCCOc1ccc(C(F)(F)F)cc1NC(=O)CN1C(=O)N[C@@]2(CCCC[C@@H]2C)C1=O. The number of imide groups is 1. The number of carbonyl (C=O) groups is 3. The molecule has 31 heavy (non-hydrogen) atoms. The van der Waals surface area contributed by atoms with Gasteiger partial charge < -0.3 is 15.4 Å². The van der Waals surface area contributed by atoms with Crippen LogP contribution in [0.2, 0.25) is 0 Å². The van der Waals surface area contributed by atoms with Crippen LogP contribution in [0.3, 0.4) is 0 Å². The van der Waals surface area contributed by atoms with Gasteiger partial charge >= 0.3 is 12.2 Å². The first-order valence-electron chi connectivity index (χ1n) is 10.4. The van der Waals surface area contributed by atoms with Crippen LogP contribution in [0.4, 0.5) is 23.7 Å². The molecule has 1 saturated carbocycles. The number of hydrogen-bond donors (Lipinski definition) is 2. The second-order valence-corrected chi connectivity index (χ2v) is 8.04. The molecule has 10 heteroatoms. The van der Waals surface area contributed by atoms with E-state index in [9.17, 15) is 27.6 Å². The minimum Gasteiger partial charge on any atom is -0.491 e. The van der Waals surface area contributed by atoms with Crippen LogP contribution >= 0.6 is 0 Å². The van der Waals surface area contributed by atoms with E-state index in [4.69, 9.17) is 4.74 Å². The molecular weight excluding hydrogens is 415 g/mol. The maximum atomic E-state index is 13.1. The highest BCUT2D eigenvalue weighted by atomic mass is 19.4. The molecule has 0 aromatic heterocycles. The number of nitrogens with zero attached hydrogens (tertiary/aromatic N) is 1. The fourth-order valence-electron chi connectivity index (χ4n) is 4.11. The Bertz CT molecular complexity index is 874. The van der Waals surface area contributed by atoms with Gasteiger partial charge in [-0.2, -0.15) is 13.2 Å². The molecule has 0 radical (unpaired) electrons. The molecule has 1 aromatic carbocycles. The van der Waals surface area contributed by atoms with Crippen molar-refractivity contribution in [1.82, 2.24) is 10.2 Å². The molecule has 1 spiro atoms. The van der Waals surface area contributed by atoms with Crippen molar-refractivity contribution in [1.29, 1.82) is 0 Å². The van der Waals surface area contributed by atoms with E-state index in [1.165, 1.54) is 0 Å². The lowest BCUT2D eigenvalue weighted by Gasteiger charge is -2.36. The van der Waals surface area contributed by atoms with Crippen molar-refractivity contribution in [2.45, 2.75) is 57.7 Å². The second-order valence-electron chi connectivity index (χ2n) is 8.04. The van der Waals surface area contributed by atoms with Crippen LogP contribution in [-0.2, 0) is 15.8 Å². The minimum absolute atomic E-state index is 0.0664. The van der Waals surface area contributed by atoms with Gasteiger partial charge in [-0.15, -0.1) is 0 Å². The number of rotatable bonds is 6. The summed E-state index contributed by atoms with van der Waals surface area (Å²) in [6, 6.07) is 2.12. The van der Waals surface area contributed by atoms with Gasteiger partial charge in [0.1, 0.15) is 17.8 Å². The molecule has 0 unspecified atom stereocenters. The number of halogens is 3. The molecule has 1 aliphatic heterocycles. The largest absolute Gasteiger partial charge is 0.491 e. The average molecular weight is 441 g/mol. The average Bonchev–Trinajstić information content (AvgIpc) is 2.93. The first kappa shape index (κ1) is 22.9. The second kappa shape index (κ2) is 8.76. The zero-order chi connectivity index (χ0) is 22.8. The van der Waals surface area contributed by atoms with Gasteiger partial charge in [-0.05, 0) is 43.4 Å². The molecule has 2 atom stereocenters. The molecule has 2 N–H and O–H groups in total. The van der Waals surface area contributed by atoms with E-state index >= 15 is 0 Å². The van der Waals surface area contributed by atoms with Gasteiger partial charge in [-0.3, -0.25) is 14.5 Å². The maximum Gasteiger partial charge on any atom is 0.416 e. The van der Waals surface area contributed by atoms with Gasteiger partial charge in [0.05, 0.1) is 17.9 Å². The molecule has 4 amide bonds. The predicted molar refractivity (Wildman–Crippen MR) is 106 cm³/mol. The van der Waals surface area contributed by atoms with Gasteiger partial charge in [-0.25, -0.2) is 4.79 Å². The van der Waals surface area contributed by atoms with E-state index in [0.29, 0.717) is 12.8 Å². The van der Waals surface area contributed by atoms with Crippen molar-refractivity contribution in [2.75, 3.05) is 18.5 Å². The van der Waals surface area contributed by atoms with Gasteiger partial charge in [0.2, 0.25) is 5.91 Å². The van der Waals surface area contributed by atoms with Crippen molar-refractivity contribution < 1.29 is 32.3 Å². The summed E-state index contributed by atoms with van der Waals surface area (Å²) >= 11 is 0. The Morgan fingerprint density at radius 1 is 1.32 bits per heavy atom. The highest BCUT2D eigenvalue weighted by Crippen LogP contribution is 2.38. The molecule has 1 aromatic rings. The normalized spacial score (nSPS) is 23.8. The third-order valence-electron chi connectivity index (χ3n) is 5.85. The molecule has 2 aliphatic rings. The van der Waals surface area contributed by atoms with E-state index in [2.05, 4.69) is 10.6 Å². The summed E-state index contributed by atoms with van der Waals surface area (Å²) in [5.74, 6) is -1.24. The Balaban J connectivity index is 1.77. The fraction of sp³-hybridized carbons (Fsp3) is 0.571. The number of urea groups is 1. The number of ether oxygens (including phenoxy) is 1. The molecule has 1 saturated heterocycles. The maximum absolute atomic E-state index is 13.1. The summed E-state index contributed by atoms with van der Waals surface area (Å²) in [6.07, 6.45) is -0.941. The van der Waals surface area contributed by atoms with Gasteiger partial charge in [0.15, 0.2) is 0 Å². The summed E-state index contributed by atoms with van der Waals surface area (Å²) in [5.41, 5.74) is -2.13. The smallest absolute Gasteiger partial charge is 0.416 e. The van der Waals surface area contributed by atoms with Crippen LogP contribution in [-0.4, -0.2) is 41.4 Å². The third-order valence-corrected chi connectivity index (χ3v) is 5.85. The van der Waals surface area contributed by atoms with Crippen molar-refractivity contribution in [3.63, 3.8) is 0 Å². The standard InChI is InChI=1S/C21H26F3N3O4/c1-3-10-31-16-8-7-14(21(22,23)24)11-15(16)25-17(28)12-27-18(29)20(26-19(27)30)9-5-4-6-13(20)2/h7-8,11,13H,3-6,9-10,12H2,1-2H3,(H,25,28)(H,26,30)/t13-,20+/m0/s1. The van der Waals surface area contributed by atoms with Crippen LogP contribution < -0.4 is 15.4 Å². The zero-order valence-corrected chi connectivity index (χ0v) is 17.5. The van der Waals surface area contributed by atoms with E-state index in [-0.39, 0.29) is 24.0 Å². The molecule has 1 aliphatic carbocycles. The Kier molecular flexibility index (Phi) is 6.47. The van der Waals surface area contributed by atoms with Crippen LogP contribution in [0.25, 0.3) is 0 Å². The predicted octanol–water partition coefficient (Wildman–Crippen LogP) is 3.93. The number of alkyl halides is 3. The summed E-state index contributed by atoms with van der Waals surface area (Å²) < 4.78 is 44.7. The third kappa shape index (κ3) is 4.62. The number of anilines is 1. The fourth-order valence-corrected chi connectivity index (χ4v) is 4.11. The highest BCUT2D eigenvalue weighted by molar-refractivity contribution is 6.10. The van der Waals surface area contributed by atoms with Crippen molar-refractivity contribution in [2.24, 2.45) is 5.92 Å². The molecule has 2 fully saturated rings. The Morgan fingerprint density at radius 2 is 2.06 bits per heavy atom. The first-order chi connectivity index (χ1) is 14.6. The molecule has 170 valence electrons. The monoisotopic (exact) mass is 441 g/mol. The Labute approximate surface area is 178 Å². The first-order valence-corrected chi connectivity index (χ1v) is 10.4. The van der Waals surface area contributed by atoms with Crippen LogP contribution in [0.1, 0.15) is 51.5 Å². The number of nitrogens with one attached hydrogen (secondary N) is 2. The minimum atomic E-state index is -4.60. The summed E-state index contributed by atoms with van der Waals surface area (Å²) in [5, 5.41) is 5.11. The van der Waals surface area contributed by atoms with Crippen LogP contribution in [0.5, 0.6) is 5.75 Å². The van der Waals surface area contributed by atoms with E-state index < -0.39 is 41.7 Å². The zero-order valence-electron chi connectivity index (χ0n) is 17.5. The molecular formula is C21H26F3N3O4. The molecule has 7 nitrogen and oxygen atoms in total. The van der Waals surface area contributed by atoms with Crippen molar-refractivity contribution >= 4 is 23.5 Å². The summed E-state index contributed by atoms with van der Waals surface area (Å²) in [4.78, 5) is 38.8. The number of hydrogen-bond acceptors (Lipinski definition) is 4. The summed E-state index contributed by atoms with van der Waals surface area (Å²) in [6.45, 7) is 3.38. The van der Waals surface area contributed by atoms with Crippen LogP contribution in [0.15, 0.2) is 18.2 Å². The quantitative estimate of drug-likeness (QED) is 0.655.